The fourth-order valence-electron chi connectivity index (χ4n) is 3.34. The molecule has 1 fully saturated rings. The van der Waals surface area contributed by atoms with Crippen LogP contribution in [0, 0.1) is 17.3 Å². The summed E-state index contributed by atoms with van der Waals surface area (Å²) in [6, 6.07) is 0. The predicted molar refractivity (Wildman–Crippen MR) is 85.5 cm³/mol. The molecule has 0 aromatic carbocycles. The van der Waals surface area contributed by atoms with E-state index in [2.05, 4.69) is 48.9 Å². The topological polar surface area (TPSA) is 29.1 Å². The summed E-state index contributed by atoms with van der Waals surface area (Å²) < 4.78 is 0. The van der Waals surface area contributed by atoms with Crippen LogP contribution in [0.15, 0.2) is 0 Å². The molecule has 1 aliphatic rings. The molecule has 0 saturated heterocycles. The van der Waals surface area contributed by atoms with Crippen LogP contribution in [0.1, 0.15) is 66.2 Å². The first-order chi connectivity index (χ1) is 8.85. The van der Waals surface area contributed by atoms with Crippen LogP contribution in [0.3, 0.4) is 0 Å². The van der Waals surface area contributed by atoms with Crippen LogP contribution in [-0.4, -0.2) is 17.3 Å². The Hall–Kier alpha value is -0.0500. The van der Waals surface area contributed by atoms with Crippen molar-refractivity contribution in [2.24, 2.45) is 17.3 Å². The SMILES string of the molecule is CC(C)CC(Br)CNC(=O)C1(CC(C)C)CCCC1. The van der Waals surface area contributed by atoms with Gasteiger partial charge in [-0.2, -0.15) is 0 Å². The molecule has 0 radical (unpaired) electrons. The Morgan fingerprint density at radius 2 is 1.74 bits per heavy atom. The van der Waals surface area contributed by atoms with Crippen molar-refractivity contribution in [1.29, 1.82) is 0 Å². The molecule has 1 rings (SSSR count). The minimum atomic E-state index is -0.0707. The number of halogens is 1. The van der Waals surface area contributed by atoms with Crippen LogP contribution in [0.4, 0.5) is 0 Å². The molecule has 1 unspecified atom stereocenters. The lowest BCUT2D eigenvalue weighted by atomic mass is 9.77. The molecule has 0 aromatic rings. The number of hydrogen-bond acceptors (Lipinski definition) is 1. The highest BCUT2D eigenvalue weighted by Gasteiger charge is 2.41. The summed E-state index contributed by atoms with van der Waals surface area (Å²) in [5.41, 5.74) is -0.0707. The van der Waals surface area contributed by atoms with Gasteiger partial charge in [0.1, 0.15) is 0 Å². The summed E-state index contributed by atoms with van der Waals surface area (Å²) >= 11 is 3.67. The first kappa shape index (κ1) is 17.0. The maximum Gasteiger partial charge on any atom is 0.226 e. The number of nitrogens with one attached hydrogen (secondary N) is 1. The molecule has 1 N–H and O–H groups in total. The molecule has 1 atom stereocenters. The van der Waals surface area contributed by atoms with E-state index in [1.54, 1.807) is 0 Å². The zero-order chi connectivity index (χ0) is 14.5. The Bertz CT molecular complexity index is 282. The summed E-state index contributed by atoms with van der Waals surface area (Å²) in [6.07, 6.45) is 6.73. The van der Waals surface area contributed by atoms with Crippen LogP contribution >= 0.6 is 15.9 Å². The van der Waals surface area contributed by atoms with Gasteiger partial charge in [-0.3, -0.25) is 4.79 Å². The molecule has 0 spiro atoms. The highest BCUT2D eigenvalue weighted by molar-refractivity contribution is 9.09. The maximum atomic E-state index is 12.6. The van der Waals surface area contributed by atoms with Crippen LogP contribution in [0.25, 0.3) is 0 Å². The Kier molecular flexibility index (Phi) is 6.85. The number of alkyl halides is 1. The third-order valence-electron chi connectivity index (χ3n) is 4.05. The number of hydrogen-bond donors (Lipinski definition) is 1. The van der Waals surface area contributed by atoms with Crippen molar-refractivity contribution in [3.63, 3.8) is 0 Å². The van der Waals surface area contributed by atoms with E-state index in [9.17, 15) is 4.79 Å². The van der Waals surface area contributed by atoms with E-state index >= 15 is 0 Å². The molecule has 0 aromatic heterocycles. The second kappa shape index (κ2) is 7.66. The van der Waals surface area contributed by atoms with E-state index in [4.69, 9.17) is 0 Å². The summed E-state index contributed by atoms with van der Waals surface area (Å²) in [6.45, 7) is 9.64. The summed E-state index contributed by atoms with van der Waals surface area (Å²) in [4.78, 5) is 13.0. The molecule has 1 aliphatic carbocycles. The van der Waals surface area contributed by atoms with Gasteiger partial charge in [0, 0.05) is 16.8 Å². The van der Waals surface area contributed by atoms with E-state index < -0.39 is 0 Å². The van der Waals surface area contributed by atoms with Crippen molar-refractivity contribution < 1.29 is 4.79 Å². The van der Waals surface area contributed by atoms with Gasteiger partial charge in [-0.15, -0.1) is 0 Å². The molecule has 0 heterocycles. The van der Waals surface area contributed by atoms with Crippen LogP contribution in [0.2, 0.25) is 0 Å². The Balaban J connectivity index is 2.49. The van der Waals surface area contributed by atoms with E-state index in [-0.39, 0.29) is 5.41 Å². The van der Waals surface area contributed by atoms with Gasteiger partial charge in [-0.1, -0.05) is 56.5 Å². The normalized spacial score (nSPS) is 19.9. The van der Waals surface area contributed by atoms with Gasteiger partial charge in [0.05, 0.1) is 0 Å². The Labute approximate surface area is 127 Å². The summed E-state index contributed by atoms with van der Waals surface area (Å²) in [7, 11) is 0. The van der Waals surface area contributed by atoms with E-state index in [1.165, 1.54) is 12.8 Å². The monoisotopic (exact) mass is 331 g/mol. The van der Waals surface area contributed by atoms with E-state index in [1.807, 2.05) is 0 Å². The van der Waals surface area contributed by atoms with Gasteiger partial charge in [0.2, 0.25) is 5.91 Å². The van der Waals surface area contributed by atoms with Crippen molar-refractivity contribution in [2.45, 2.75) is 71.0 Å². The lowest BCUT2D eigenvalue weighted by molar-refractivity contribution is -0.131. The molecule has 1 amide bonds. The lowest BCUT2D eigenvalue weighted by Gasteiger charge is -2.30. The van der Waals surface area contributed by atoms with Crippen LogP contribution in [-0.2, 0) is 4.79 Å². The zero-order valence-electron chi connectivity index (χ0n) is 13.0. The van der Waals surface area contributed by atoms with Crippen LogP contribution in [0.5, 0.6) is 0 Å². The highest BCUT2D eigenvalue weighted by Crippen LogP contribution is 2.43. The third kappa shape index (κ3) is 5.45. The first-order valence-electron chi connectivity index (χ1n) is 7.78. The quantitative estimate of drug-likeness (QED) is 0.683. The molecular weight excluding hydrogens is 302 g/mol. The van der Waals surface area contributed by atoms with Gasteiger partial charge in [-0.05, 0) is 37.5 Å². The molecule has 19 heavy (non-hydrogen) atoms. The molecule has 1 saturated carbocycles. The molecule has 2 nitrogen and oxygen atoms in total. The van der Waals surface area contributed by atoms with Crippen molar-refractivity contribution in [2.75, 3.05) is 6.54 Å². The molecule has 3 heteroatoms. The number of rotatable bonds is 7. The average molecular weight is 332 g/mol. The van der Waals surface area contributed by atoms with Crippen LogP contribution < -0.4 is 5.32 Å². The van der Waals surface area contributed by atoms with Crippen molar-refractivity contribution in [3.05, 3.63) is 0 Å². The zero-order valence-corrected chi connectivity index (χ0v) is 14.6. The number of carbonyl (C=O) groups excluding carboxylic acids is 1. The second-order valence-electron chi connectivity index (χ2n) is 7.02. The average Bonchev–Trinajstić information content (AvgIpc) is 2.73. The fourth-order valence-corrected chi connectivity index (χ4v) is 4.25. The molecular formula is C16H30BrNO. The predicted octanol–water partition coefficient (Wildman–Crippen LogP) is 4.52. The third-order valence-corrected chi connectivity index (χ3v) is 4.75. The Morgan fingerprint density at radius 1 is 1.16 bits per heavy atom. The fraction of sp³-hybridized carbons (Fsp3) is 0.938. The lowest BCUT2D eigenvalue weighted by Crippen LogP contribution is -2.42. The minimum Gasteiger partial charge on any atom is -0.354 e. The smallest absolute Gasteiger partial charge is 0.226 e. The Morgan fingerprint density at radius 3 is 2.21 bits per heavy atom. The van der Waals surface area contributed by atoms with Gasteiger partial charge >= 0.3 is 0 Å². The second-order valence-corrected chi connectivity index (χ2v) is 8.32. The van der Waals surface area contributed by atoms with Gasteiger partial charge in [0.25, 0.3) is 0 Å². The number of carbonyl (C=O) groups is 1. The molecule has 0 bridgehead atoms. The van der Waals surface area contributed by atoms with E-state index in [0.717, 1.165) is 32.2 Å². The van der Waals surface area contributed by atoms with Gasteiger partial charge in [-0.25, -0.2) is 0 Å². The highest BCUT2D eigenvalue weighted by atomic mass is 79.9. The summed E-state index contributed by atoms with van der Waals surface area (Å²) in [5, 5.41) is 3.19. The first-order valence-corrected chi connectivity index (χ1v) is 8.69. The van der Waals surface area contributed by atoms with Crippen molar-refractivity contribution in [3.8, 4) is 0 Å². The molecule has 112 valence electrons. The standard InChI is InChI=1S/C16H30BrNO/c1-12(2)9-14(17)11-18-15(19)16(10-13(3)4)7-5-6-8-16/h12-14H,5-11H2,1-4H3,(H,18,19). The summed E-state index contributed by atoms with van der Waals surface area (Å²) in [5.74, 6) is 1.56. The minimum absolute atomic E-state index is 0.0707. The van der Waals surface area contributed by atoms with E-state index in [0.29, 0.717) is 22.6 Å². The van der Waals surface area contributed by atoms with Gasteiger partial charge < -0.3 is 5.32 Å². The van der Waals surface area contributed by atoms with Crippen molar-refractivity contribution >= 4 is 21.8 Å². The van der Waals surface area contributed by atoms with Gasteiger partial charge in [0.15, 0.2) is 0 Å². The maximum absolute atomic E-state index is 12.6. The van der Waals surface area contributed by atoms with Crippen molar-refractivity contribution in [1.82, 2.24) is 5.32 Å². The molecule has 0 aliphatic heterocycles. The largest absolute Gasteiger partial charge is 0.354 e. The number of amides is 1.